The summed E-state index contributed by atoms with van der Waals surface area (Å²) in [5.74, 6) is 1.21. The molecule has 1 saturated carbocycles. The quantitative estimate of drug-likeness (QED) is 0.801. The van der Waals surface area contributed by atoms with Crippen molar-refractivity contribution in [3.05, 3.63) is 23.8 Å². The number of nitrogens with two attached hydrogens (primary N) is 1. The molecule has 1 aliphatic carbocycles. The van der Waals surface area contributed by atoms with Crippen LogP contribution in [0.4, 0.5) is 11.4 Å². The minimum atomic E-state index is 0.612. The molecule has 2 nitrogen and oxygen atoms in total. The summed E-state index contributed by atoms with van der Waals surface area (Å²) in [4.78, 5) is 0. The van der Waals surface area contributed by atoms with Gasteiger partial charge in [-0.2, -0.15) is 11.8 Å². The minimum absolute atomic E-state index is 0.612. The third-order valence-corrected chi connectivity index (χ3v) is 4.61. The SMILES string of the molecule is CCSC1CCCC1Nc1cc(C)cc(N)c1. The summed E-state index contributed by atoms with van der Waals surface area (Å²) in [5, 5.41) is 4.42. The molecule has 3 heteroatoms. The first kappa shape index (κ1) is 12.6. The molecule has 1 aliphatic rings. The molecule has 0 aliphatic heterocycles. The van der Waals surface area contributed by atoms with Crippen LogP contribution in [0, 0.1) is 6.92 Å². The van der Waals surface area contributed by atoms with E-state index in [1.165, 1.54) is 36.3 Å². The Morgan fingerprint density at radius 3 is 2.88 bits per heavy atom. The summed E-state index contributed by atoms with van der Waals surface area (Å²) < 4.78 is 0. The highest BCUT2D eigenvalue weighted by Gasteiger charge is 2.26. The molecule has 0 amide bonds. The van der Waals surface area contributed by atoms with E-state index in [4.69, 9.17) is 5.73 Å². The van der Waals surface area contributed by atoms with E-state index in [0.717, 1.165) is 10.9 Å². The Hall–Kier alpha value is -0.830. The number of aryl methyl sites for hydroxylation is 1. The standard InChI is InChI=1S/C14H22N2S/c1-3-17-14-6-4-5-13(14)16-12-8-10(2)7-11(15)9-12/h7-9,13-14,16H,3-6,15H2,1-2H3. The number of anilines is 2. The predicted molar refractivity (Wildman–Crippen MR) is 78.8 cm³/mol. The van der Waals surface area contributed by atoms with Crippen LogP contribution in [-0.2, 0) is 0 Å². The van der Waals surface area contributed by atoms with Gasteiger partial charge in [-0.1, -0.05) is 13.3 Å². The first-order valence-corrected chi connectivity index (χ1v) is 7.49. The fraction of sp³-hybridized carbons (Fsp3) is 0.571. The molecule has 3 N–H and O–H groups in total. The lowest BCUT2D eigenvalue weighted by molar-refractivity contribution is 0.768. The molecule has 17 heavy (non-hydrogen) atoms. The molecule has 0 heterocycles. The van der Waals surface area contributed by atoms with Crippen molar-refractivity contribution in [3.63, 3.8) is 0 Å². The smallest absolute Gasteiger partial charge is 0.0380 e. The molecule has 1 aromatic rings. The maximum Gasteiger partial charge on any atom is 0.0380 e. The zero-order chi connectivity index (χ0) is 12.3. The van der Waals surface area contributed by atoms with Crippen LogP contribution in [0.5, 0.6) is 0 Å². The minimum Gasteiger partial charge on any atom is -0.399 e. The van der Waals surface area contributed by atoms with Gasteiger partial charge in [0.05, 0.1) is 0 Å². The van der Waals surface area contributed by atoms with Gasteiger partial charge in [0.1, 0.15) is 0 Å². The molecule has 2 unspecified atom stereocenters. The van der Waals surface area contributed by atoms with Gasteiger partial charge in [0.15, 0.2) is 0 Å². The highest BCUT2D eigenvalue weighted by atomic mass is 32.2. The highest BCUT2D eigenvalue weighted by Crippen LogP contribution is 2.32. The Balaban J connectivity index is 2.04. The van der Waals surface area contributed by atoms with Crippen LogP contribution in [0.1, 0.15) is 31.7 Å². The zero-order valence-corrected chi connectivity index (χ0v) is 11.5. The van der Waals surface area contributed by atoms with Crippen molar-refractivity contribution in [2.75, 3.05) is 16.8 Å². The van der Waals surface area contributed by atoms with Gasteiger partial charge in [-0.25, -0.2) is 0 Å². The van der Waals surface area contributed by atoms with E-state index < -0.39 is 0 Å². The topological polar surface area (TPSA) is 38.0 Å². The number of benzene rings is 1. The second-order valence-corrected chi connectivity index (χ2v) is 6.32. The molecule has 1 aromatic carbocycles. The van der Waals surface area contributed by atoms with Crippen LogP contribution in [0.15, 0.2) is 18.2 Å². The summed E-state index contributed by atoms with van der Waals surface area (Å²) in [6.45, 7) is 4.33. The van der Waals surface area contributed by atoms with Crippen molar-refractivity contribution >= 4 is 23.1 Å². The average Bonchev–Trinajstić information content (AvgIpc) is 2.65. The molecule has 94 valence electrons. The van der Waals surface area contributed by atoms with Crippen LogP contribution < -0.4 is 11.1 Å². The lowest BCUT2D eigenvalue weighted by Gasteiger charge is -2.21. The number of thioether (sulfide) groups is 1. The van der Waals surface area contributed by atoms with Crippen molar-refractivity contribution in [1.82, 2.24) is 0 Å². The highest BCUT2D eigenvalue weighted by molar-refractivity contribution is 7.99. The van der Waals surface area contributed by atoms with Crippen molar-refractivity contribution in [3.8, 4) is 0 Å². The number of hydrogen-bond donors (Lipinski definition) is 2. The average molecular weight is 250 g/mol. The van der Waals surface area contributed by atoms with Gasteiger partial charge >= 0.3 is 0 Å². The normalized spacial score (nSPS) is 23.9. The summed E-state index contributed by atoms with van der Waals surface area (Å²) in [6, 6.07) is 6.85. The van der Waals surface area contributed by atoms with E-state index >= 15 is 0 Å². The number of nitrogens with one attached hydrogen (secondary N) is 1. The number of nitrogen functional groups attached to an aromatic ring is 1. The van der Waals surface area contributed by atoms with E-state index in [0.29, 0.717) is 6.04 Å². The Bertz CT molecular complexity index is 358. The van der Waals surface area contributed by atoms with Gasteiger partial charge in [-0.15, -0.1) is 0 Å². The van der Waals surface area contributed by atoms with Gasteiger partial charge in [-0.05, 0) is 49.3 Å². The summed E-state index contributed by atoms with van der Waals surface area (Å²) in [7, 11) is 0. The van der Waals surface area contributed by atoms with Gasteiger partial charge < -0.3 is 11.1 Å². The van der Waals surface area contributed by atoms with Crippen LogP contribution in [0.2, 0.25) is 0 Å². The Morgan fingerprint density at radius 1 is 1.35 bits per heavy atom. The lowest BCUT2D eigenvalue weighted by atomic mass is 10.1. The predicted octanol–water partition coefficient (Wildman–Crippen LogP) is 3.66. The van der Waals surface area contributed by atoms with Crippen molar-refractivity contribution in [2.24, 2.45) is 0 Å². The molecule has 0 bridgehead atoms. The Kier molecular flexibility index (Phi) is 4.21. The van der Waals surface area contributed by atoms with E-state index in [2.05, 4.69) is 37.0 Å². The molecule has 2 rings (SSSR count). The fourth-order valence-corrected chi connectivity index (χ4v) is 3.81. The van der Waals surface area contributed by atoms with Crippen molar-refractivity contribution < 1.29 is 0 Å². The lowest BCUT2D eigenvalue weighted by Crippen LogP contribution is -2.26. The molecule has 0 spiro atoms. The largest absolute Gasteiger partial charge is 0.399 e. The monoisotopic (exact) mass is 250 g/mol. The van der Waals surface area contributed by atoms with Crippen LogP contribution in [-0.4, -0.2) is 17.0 Å². The second-order valence-electron chi connectivity index (χ2n) is 4.81. The van der Waals surface area contributed by atoms with Crippen molar-refractivity contribution in [1.29, 1.82) is 0 Å². The van der Waals surface area contributed by atoms with Gasteiger partial charge in [0.2, 0.25) is 0 Å². The Labute approximate surface area is 108 Å². The maximum absolute atomic E-state index is 5.88. The van der Waals surface area contributed by atoms with E-state index in [1.54, 1.807) is 0 Å². The summed E-state index contributed by atoms with van der Waals surface area (Å²) in [6.07, 6.45) is 3.97. The maximum atomic E-state index is 5.88. The summed E-state index contributed by atoms with van der Waals surface area (Å²) in [5.41, 5.74) is 9.14. The molecule has 0 radical (unpaired) electrons. The molecular weight excluding hydrogens is 228 g/mol. The van der Waals surface area contributed by atoms with Crippen LogP contribution >= 0.6 is 11.8 Å². The fourth-order valence-electron chi connectivity index (χ4n) is 2.61. The molecule has 0 saturated heterocycles. The first-order chi connectivity index (χ1) is 8.19. The van der Waals surface area contributed by atoms with Crippen LogP contribution in [0.3, 0.4) is 0 Å². The van der Waals surface area contributed by atoms with Crippen LogP contribution in [0.25, 0.3) is 0 Å². The molecule has 1 fully saturated rings. The van der Waals surface area contributed by atoms with Gasteiger partial charge in [0.25, 0.3) is 0 Å². The molecule has 0 aromatic heterocycles. The van der Waals surface area contributed by atoms with E-state index in [9.17, 15) is 0 Å². The number of rotatable bonds is 4. The van der Waals surface area contributed by atoms with Gasteiger partial charge in [-0.3, -0.25) is 0 Å². The third kappa shape index (κ3) is 3.32. The number of hydrogen-bond acceptors (Lipinski definition) is 3. The van der Waals surface area contributed by atoms with E-state index in [1.807, 2.05) is 12.1 Å². The molecular formula is C14H22N2S. The van der Waals surface area contributed by atoms with Gasteiger partial charge in [0, 0.05) is 22.7 Å². The Morgan fingerprint density at radius 2 is 2.18 bits per heavy atom. The first-order valence-electron chi connectivity index (χ1n) is 6.44. The zero-order valence-electron chi connectivity index (χ0n) is 10.7. The molecule has 2 atom stereocenters. The summed E-state index contributed by atoms with van der Waals surface area (Å²) >= 11 is 2.08. The third-order valence-electron chi connectivity index (χ3n) is 3.29. The van der Waals surface area contributed by atoms with E-state index in [-0.39, 0.29) is 0 Å². The second kappa shape index (κ2) is 5.67. The van der Waals surface area contributed by atoms with Crippen molar-refractivity contribution in [2.45, 2.75) is 44.4 Å².